The highest BCUT2D eigenvalue weighted by Gasteiger charge is 2.29. The van der Waals surface area contributed by atoms with E-state index in [0.717, 1.165) is 12.8 Å². The van der Waals surface area contributed by atoms with E-state index in [-0.39, 0.29) is 22.8 Å². The topological polar surface area (TPSA) is 54.3 Å². The van der Waals surface area contributed by atoms with Gasteiger partial charge in [-0.15, -0.1) is 0 Å². The van der Waals surface area contributed by atoms with Crippen molar-refractivity contribution in [2.24, 2.45) is 7.05 Å². The zero-order valence-corrected chi connectivity index (χ0v) is 14.4. The summed E-state index contributed by atoms with van der Waals surface area (Å²) >= 11 is 5.76. The minimum absolute atomic E-state index is 0.0108. The summed E-state index contributed by atoms with van der Waals surface area (Å²) in [6.45, 7) is 1.24. The van der Waals surface area contributed by atoms with Crippen molar-refractivity contribution in [1.82, 2.24) is 19.7 Å². The van der Waals surface area contributed by atoms with Crippen molar-refractivity contribution < 1.29 is 9.18 Å². The third-order valence-corrected chi connectivity index (χ3v) is 4.51. The maximum Gasteiger partial charge on any atom is 0.257 e. The molecule has 1 aliphatic rings. The van der Waals surface area contributed by atoms with E-state index >= 15 is 0 Å². The molecule has 1 aliphatic heterocycles. The fourth-order valence-electron chi connectivity index (χ4n) is 3.00. The number of halogens is 2. The van der Waals surface area contributed by atoms with Crippen molar-refractivity contribution in [3.05, 3.63) is 41.1 Å². The number of rotatable bonds is 3. The van der Waals surface area contributed by atoms with Gasteiger partial charge in [0, 0.05) is 45.6 Å². The summed E-state index contributed by atoms with van der Waals surface area (Å²) in [6, 6.07) is 1.25. The zero-order chi connectivity index (χ0) is 17.3. The number of pyridine rings is 1. The molecular formula is C16H19ClFN5O. The maximum absolute atomic E-state index is 14.1. The Morgan fingerprint density at radius 1 is 1.46 bits per heavy atom. The first-order chi connectivity index (χ1) is 11.5. The summed E-state index contributed by atoms with van der Waals surface area (Å²) < 4.78 is 15.7. The second kappa shape index (κ2) is 6.76. The molecule has 8 heteroatoms. The minimum atomic E-state index is -0.440. The summed E-state index contributed by atoms with van der Waals surface area (Å²) in [7, 11) is 3.54. The monoisotopic (exact) mass is 351 g/mol. The lowest BCUT2D eigenvalue weighted by molar-refractivity contribution is 0.0717. The molecule has 3 rings (SSSR count). The fraction of sp³-hybridized carbons (Fsp3) is 0.438. The molecule has 1 atom stereocenters. The lowest BCUT2D eigenvalue weighted by atomic mass is 10.0. The SMILES string of the molecule is CN(C(=O)c1cnn(C)c1)C1CCCN(c2ncc(Cl)cc2F)C1. The molecule has 2 aromatic rings. The van der Waals surface area contributed by atoms with Crippen molar-refractivity contribution in [3.8, 4) is 0 Å². The molecule has 2 aromatic heterocycles. The first kappa shape index (κ1) is 16.7. The summed E-state index contributed by atoms with van der Waals surface area (Å²) in [5.74, 6) is -0.241. The largest absolute Gasteiger partial charge is 0.352 e. The number of aromatic nitrogens is 3. The number of piperidine rings is 1. The highest BCUT2D eigenvalue weighted by molar-refractivity contribution is 6.30. The number of amides is 1. The number of aryl methyl sites for hydroxylation is 1. The normalized spacial score (nSPS) is 17.8. The van der Waals surface area contributed by atoms with Crippen molar-refractivity contribution in [3.63, 3.8) is 0 Å². The number of likely N-dealkylation sites (N-methyl/N-ethyl adjacent to an activating group) is 1. The van der Waals surface area contributed by atoms with Crippen LogP contribution in [0.25, 0.3) is 0 Å². The van der Waals surface area contributed by atoms with Crippen LogP contribution in [0.4, 0.5) is 10.2 Å². The van der Waals surface area contributed by atoms with Crippen LogP contribution in [0, 0.1) is 5.82 Å². The molecule has 1 saturated heterocycles. The summed E-state index contributed by atoms with van der Waals surface area (Å²) in [5, 5.41) is 4.31. The average molecular weight is 352 g/mol. The number of hydrogen-bond donors (Lipinski definition) is 0. The Hall–Kier alpha value is -2.15. The van der Waals surface area contributed by atoms with Crippen LogP contribution in [0.2, 0.25) is 5.02 Å². The maximum atomic E-state index is 14.1. The van der Waals surface area contributed by atoms with Crippen molar-refractivity contribution in [1.29, 1.82) is 0 Å². The van der Waals surface area contributed by atoms with E-state index in [2.05, 4.69) is 10.1 Å². The summed E-state index contributed by atoms with van der Waals surface area (Å²) in [6.07, 6.45) is 6.42. The van der Waals surface area contributed by atoms with E-state index in [9.17, 15) is 9.18 Å². The van der Waals surface area contributed by atoms with Crippen molar-refractivity contribution in [2.75, 3.05) is 25.0 Å². The second-order valence-corrected chi connectivity index (χ2v) is 6.46. The first-order valence-corrected chi connectivity index (χ1v) is 8.15. The van der Waals surface area contributed by atoms with Crippen molar-refractivity contribution in [2.45, 2.75) is 18.9 Å². The van der Waals surface area contributed by atoms with Gasteiger partial charge in [-0.3, -0.25) is 9.48 Å². The molecule has 6 nitrogen and oxygen atoms in total. The van der Waals surface area contributed by atoms with E-state index < -0.39 is 5.82 Å². The van der Waals surface area contributed by atoms with E-state index in [4.69, 9.17) is 11.6 Å². The van der Waals surface area contributed by atoms with Gasteiger partial charge in [0.25, 0.3) is 5.91 Å². The average Bonchev–Trinajstić information content (AvgIpc) is 3.00. The third kappa shape index (κ3) is 3.36. The lowest BCUT2D eigenvalue weighted by Gasteiger charge is -2.38. The van der Waals surface area contributed by atoms with E-state index in [1.54, 1.807) is 36.1 Å². The molecule has 0 radical (unpaired) electrons. The van der Waals surface area contributed by atoms with Gasteiger partial charge in [-0.25, -0.2) is 9.37 Å². The quantitative estimate of drug-likeness (QED) is 0.851. The smallest absolute Gasteiger partial charge is 0.257 e. The van der Waals surface area contributed by atoms with Crippen LogP contribution in [0.1, 0.15) is 23.2 Å². The molecule has 24 heavy (non-hydrogen) atoms. The van der Waals surface area contributed by atoms with E-state index in [1.165, 1.54) is 12.3 Å². The van der Waals surface area contributed by atoms with Crippen LogP contribution in [0.5, 0.6) is 0 Å². The van der Waals surface area contributed by atoms with E-state index in [0.29, 0.717) is 18.7 Å². The van der Waals surface area contributed by atoms with Gasteiger partial charge in [0.05, 0.1) is 16.8 Å². The van der Waals surface area contributed by atoms with Gasteiger partial charge in [-0.2, -0.15) is 5.10 Å². The van der Waals surface area contributed by atoms with Crippen molar-refractivity contribution >= 4 is 23.3 Å². The van der Waals surface area contributed by atoms with Crippen LogP contribution in [0.15, 0.2) is 24.7 Å². The number of anilines is 1. The van der Waals surface area contributed by atoms with Crippen LogP contribution in [-0.2, 0) is 7.05 Å². The molecule has 0 bridgehead atoms. The molecule has 0 spiro atoms. The molecule has 0 aromatic carbocycles. The van der Waals surface area contributed by atoms with Gasteiger partial charge < -0.3 is 9.80 Å². The van der Waals surface area contributed by atoms with Gasteiger partial charge in [0.15, 0.2) is 11.6 Å². The van der Waals surface area contributed by atoms with Gasteiger partial charge in [0.1, 0.15) is 0 Å². The van der Waals surface area contributed by atoms with Gasteiger partial charge in [0.2, 0.25) is 0 Å². The standard InChI is InChI=1S/C16H19ClFN5O/c1-21-9-11(7-20-21)16(24)22(2)13-4-3-5-23(10-13)15-14(18)6-12(17)8-19-15/h6-9,13H,3-5,10H2,1-2H3. The lowest BCUT2D eigenvalue weighted by Crippen LogP contribution is -2.49. The number of carbonyl (C=O) groups is 1. The highest BCUT2D eigenvalue weighted by Crippen LogP contribution is 2.25. The van der Waals surface area contributed by atoms with Gasteiger partial charge in [-0.05, 0) is 18.9 Å². The third-order valence-electron chi connectivity index (χ3n) is 4.30. The Kier molecular flexibility index (Phi) is 4.71. The van der Waals surface area contributed by atoms with Crippen LogP contribution >= 0.6 is 11.6 Å². The molecule has 1 fully saturated rings. The Balaban J connectivity index is 1.74. The Bertz CT molecular complexity index is 750. The Labute approximate surface area is 144 Å². The van der Waals surface area contributed by atoms with Gasteiger partial charge in [-0.1, -0.05) is 11.6 Å². The van der Waals surface area contributed by atoms with Gasteiger partial charge >= 0.3 is 0 Å². The molecule has 128 valence electrons. The van der Waals surface area contributed by atoms with E-state index in [1.807, 2.05) is 4.90 Å². The molecule has 3 heterocycles. The molecule has 0 N–H and O–H groups in total. The van der Waals surface area contributed by atoms with Crippen LogP contribution in [-0.4, -0.2) is 51.8 Å². The second-order valence-electron chi connectivity index (χ2n) is 6.02. The minimum Gasteiger partial charge on any atom is -0.352 e. The Morgan fingerprint density at radius 2 is 2.25 bits per heavy atom. The molecule has 1 amide bonds. The predicted molar refractivity (Wildman–Crippen MR) is 89.7 cm³/mol. The highest BCUT2D eigenvalue weighted by atomic mass is 35.5. The van der Waals surface area contributed by atoms with Crippen LogP contribution < -0.4 is 4.90 Å². The molecule has 0 aliphatic carbocycles. The molecule has 0 saturated carbocycles. The zero-order valence-electron chi connectivity index (χ0n) is 13.6. The Morgan fingerprint density at radius 3 is 2.92 bits per heavy atom. The number of carbonyl (C=O) groups excluding carboxylic acids is 1. The summed E-state index contributed by atoms with van der Waals surface area (Å²) in [5.41, 5.74) is 0.549. The first-order valence-electron chi connectivity index (χ1n) is 7.77. The number of hydrogen-bond acceptors (Lipinski definition) is 4. The summed E-state index contributed by atoms with van der Waals surface area (Å²) in [4.78, 5) is 20.2. The molecular weight excluding hydrogens is 333 g/mol. The molecule has 1 unspecified atom stereocenters. The predicted octanol–water partition coefficient (Wildman–Crippen LogP) is 2.35. The number of nitrogens with zero attached hydrogens (tertiary/aromatic N) is 5. The fourth-order valence-corrected chi connectivity index (χ4v) is 3.15. The van der Waals surface area contributed by atoms with Crippen LogP contribution in [0.3, 0.4) is 0 Å².